The number of nitrogens with one attached hydrogen (secondary N) is 2. The predicted molar refractivity (Wildman–Crippen MR) is 110 cm³/mol. The lowest BCUT2D eigenvalue weighted by Gasteiger charge is -2.06. The lowest BCUT2D eigenvalue weighted by molar-refractivity contribution is -0.192. The number of aliphatic carboxylic acids is 1. The highest BCUT2D eigenvalue weighted by atomic mass is 19.4. The Morgan fingerprint density at radius 3 is 2.41 bits per heavy atom. The number of carboxylic acids is 1. The van der Waals surface area contributed by atoms with Gasteiger partial charge in [0.15, 0.2) is 5.69 Å². The van der Waals surface area contributed by atoms with Crippen LogP contribution in [0.1, 0.15) is 21.0 Å². The number of halogens is 3. The molecule has 17 heteroatoms. The fourth-order valence-corrected chi connectivity index (χ4v) is 2.44. The topological polar surface area (TPSA) is 216 Å². The van der Waals surface area contributed by atoms with Gasteiger partial charge in [0.25, 0.3) is 11.8 Å². The highest BCUT2D eigenvalue weighted by molar-refractivity contribution is 6.07. The van der Waals surface area contributed by atoms with Crippen molar-refractivity contribution in [3.63, 3.8) is 0 Å². The van der Waals surface area contributed by atoms with E-state index in [-0.39, 0.29) is 30.2 Å². The van der Waals surface area contributed by atoms with E-state index in [1.165, 1.54) is 15.4 Å². The molecule has 0 aliphatic heterocycles. The van der Waals surface area contributed by atoms with E-state index in [0.29, 0.717) is 24.6 Å². The largest absolute Gasteiger partial charge is 0.490 e. The molecule has 0 aliphatic rings. The second-order valence-electron chi connectivity index (χ2n) is 6.35. The van der Waals surface area contributed by atoms with Crippen molar-refractivity contribution in [1.82, 2.24) is 24.4 Å². The van der Waals surface area contributed by atoms with E-state index >= 15 is 0 Å². The van der Waals surface area contributed by atoms with Crippen molar-refractivity contribution in [2.75, 3.05) is 30.3 Å². The number of rotatable bonds is 8. The number of carbonyl (C=O) groups excluding carboxylic acids is 2. The van der Waals surface area contributed by atoms with Crippen molar-refractivity contribution in [3.8, 4) is 0 Å². The molecule has 0 saturated carbocycles. The van der Waals surface area contributed by atoms with Crippen LogP contribution in [-0.2, 0) is 11.3 Å². The first kappa shape index (κ1) is 26.0. The van der Waals surface area contributed by atoms with E-state index in [0.717, 1.165) is 0 Å². The van der Waals surface area contributed by atoms with E-state index < -0.39 is 24.0 Å². The fraction of sp³-hybridized carbons (Fsp3) is 0.294. The van der Waals surface area contributed by atoms with Crippen molar-refractivity contribution in [1.29, 1.82) is 0 Å². The smallest absolute Gasteiger partial charge is 0.475 e. The van der Waals surface area contributed by atoms with Gasteiger partial charge in [-0.25, -0.2) is 14.3 Å². The Balaban J connectivity index is 0.000000509. The number of nitrogens with two attached hydrogens (primary N) is 2. The number of aromatic nitrogens is 5. The number of hydrogen-bond donors (Lipinski definition) is 6. The summed E-state index contributed by atoms with van der Waals surface area (Å²) in [5.74, 6) is -3.73. The standard InChI is InChI=1S/C15H19N9O3.C2HF3O2/c16-3-4-18-15-19-7-9-1-2-11(24(9)22-15)14(27)20-10-8-23(5-6-25)21-12(10)13(17)26;3-2(4,5)1(6)7/h1-2,7-8,25H,3-6,16H2,(H2,17,26)(H,18,22)(H,20,27);(H,6,7). The maximum absolute atomic E-state index is 12.7. The van der Waals surface area contributed by atoms with Gasteiger partial charge in [-0.15, -0.1) is 5.10 Å². The molecule has 0 spiro atoms. The van der Waals surface area contributed by atoms with Gasteiger partial charge in [-0.05, 0) is 12.1 Å². The van der Waals surface area contributed by atoms with Crippen LogP contribution < -0.4 is 22.1 Å². The van der Waals surface area contributed by atoms with E-state index in [4.69, 9.17) is 26.5 Å². The molecular weight excluding hydrogens is 467 g/mol. The second-order valence-corrected chi connectivity index (χ2v) is 6.35. The van der Waals surface area contributed by atoms with Gasteiger partial charge in [-0.2, -0.15) is 18.3 Å². The number of carbonyl (C=O) groups is 3. The molecule has 3 aromatic heterocycles. The van der Waals surface area contributed by atoms with Crippen molar-refractivity contribution in [2.24, 2.45) is 11.5 Å². The number of hydrogen-bond acceptors (Lipinski definition) is 9. The van der Waals surface area contributed by atoms with Crippen LogP contribution in [0.5, 0.6) is 0 Å². The molecule has 184 valence electrons. The third kappa shape index (κ3) is 6.62. The van der Waals surface area contributed by atoms with Crippen LogP contribution >= 0.6 is 0 Å². The zero-order chi connectivity index (χ0) is 25.5. The minimum Gasteiger partial charge on any atom is -0.475 e. The SMILES string of the molecule is NCCNc1ncc2ccc(C(=O)Nc3cn(CCO)nc3C(N)=O)n2n1.O=C(O)C(F)(F)F. The van der Waals surface area contributed by atoms with Crippen LogP contribution in [-0.4, -0.2) is 78.2 Å². The zero-order valence-electron chi connectivity index (χ0n) is 17.3. The number of amides is 2. The number of primary amides is 1. The molecule has 0 aromatic carbocycles. The number of aliphatic hydroxyl groups excluding tert-OH is 1. The molecule has 0 unspecified atom stereocenters. The Labute approximate surface area is 188 Å². The molecule has 0 bridgehead atoms. The van der Waals surface area contributed by atoms with Crippen LogP contribution in [0.4, 0.5) is 24.8 Å². The minimum absolute atomic E-state index is 0.0995. The van der Waals surface area contributed by atoms with E-state index in [2.05, 4.69) is 25.8 Å². The van der Waals surface area contributed by atoms with Gasteiger partial charge in [0.05, 0.1) is 30.6 Å². The normalized spacial score (nSPS) is 11.0. The molecule has 0 radical (unpaired) electrons. The Morgan fingerprint density at radius 1 is 1.18 bits per heavy atom. The molecule has 3 rings (SSSR count). The zero-order valence-corrected chi connectivity index (χ0v) is 17.3. The molecule has 2 amide bonds. The van der Waals surface area contributed by atoms with Crippen LogP contribution in [0, 0.1) is 0 Å². The quantitative estimate of drug-likeness (QED) is 0.234. The van der Waals surface area contributed by atoms with Gasteiger partial charge >= 0.3 is 12.1 Å². The van der Waals surface area contributed by atoms with Crippen LogP contribution in [0.25, 0.3) is 5.52 Å². The van der Waals surface area contributed by atoms with Crippen LogP contribution in [0.2, 0.25) is 0 Å². The number of fused-ring (bicyclic) bond motifs is 1. The number of nitrogens with zero attached hydrogens (tertiary/aromatic N) is 5. The summed E-state index contributed by atoms with van der Waals surface area (Å²) < 4.78 is 34.5. The van der Waals surface area contributed by atoms with Gasteiger partial charge < -0.3 is 32.3 Å². The average Bonchev–Trinajstić information content (AvgIpc) is 3.36. The molecule has 3 aromatic rings. The minimum atomic E-state index is -5.08. The summed E-state index contributed by atoms with van der Waals surface area (Å²) in [6.45, 7) is 0.883. The first-order valence-electron chi connectivity index (χ1n) is 9.36. The number of alkyl halides is 3. The van der Waals surface area contributed by atoms with Gasteiger partial charge in [-0.1, -0.05) is 0 Å². The maximum Gasteiger partial charge on any atom is 0.490 e. The lowest BCUT2D eigenvalue weighted by atomic mass is 10.3. The maximum atomic E-state index is 12.7. The van der Waals surface area contributed by atoms with E-state index in [1.54, 1.807) is 18.3 Å². The summed E-state index contributed by atoms with van der Waals surface area (Å²) >= 11 is 0. The van der Waals surface area contributed by atoms with Crippen LogP contribution in [0.15, 0.2) is 24.5 Å². The molecule has 0 atom stereocenters. The number of anilines is 2. The summed E-state index contributed by atoms with van der Waals surface area (Å²) in [5, 5.41) is 29.9. The molecule has 3 heterocycles. The van der Waals surface area contributed by atoms with Crippen molar-refractivity contribution < 1.29 is 37.8 Å². The Morgan fingerprint density at radius 2 is 1.85 bits per heavy atom. The van der Waals surface area contributed by atoms with E-state index in [1.807, 2.05) is 0 Å². The van der Waals surface area contributed by atoms with Crippen molar-refractivity contribution in [3.05, 3.63) is 35.9 Å². The Hall–Kier alpha value is -4.25. The van der Waals surface area contributed by atoms with Crippen molar-refractivity contribution in [2.45, 2.75) is 12.7 Å². The molecule has 34 heavy (non-hydrogen) atoms. The monoisotopic (exact) mass is 487 g/mol. The average molecular weight is 487 g/mol. The van der Waals surface area contributed by atoms with E-state index in [9.17, 15) is 22.8 Å². The third-order valence-electron chi connectivity index (χ3n) is 3.87. The molecule has 14 nitrogen and oxygen atoms in total. The third-order valence-corrected chi connectivity index (χ3v) is 3.87. The lowest BCUT2D eigenvalue weighted by Crippen LogP contribution is -2.21. The highest BCUT2D eigenvalue weighted by Gasteiger charge is 2.38. The second kappa shape index (κ2) is 11.1. The first-order chi connectivity index (χ1) is 16.0. The van der Waals surface area contributed by atoms with Gasteiger partial charge in [0, 0.05) is 19.3 Å². The van der Waals surface area contributed by atoms with Gasteiger partial charge in [0.2, 0.25) is 5.95 Å². The van der Waals surface area contributed by atoms with Gasteiger partial charge in [0.1, 0.15) is 5.69 Å². The number of aliphatic hydroxyl groups is 1. The predicted octanol–water partition coefficient (Wildman–Crippen LogP) is -0.727. The molecule has 0 saturated heterocycles. The summed E-state index contributed by atoms with van der Waals surface area (Å²) in [4.78, 5) is 37.3. The summed E-state index contributed by atoms with van der Waals surface area (Å²) in [6.07, 6.45) is -2.09. The molecule has 8 N–H and O–H groups in total. The molecule has 0 aliphatic carbocycles. The number of carboxylic acid groups (broad SMARTS) is 1. The molecule has 0 fully saturated rings. The highest BCUT2D eigenvalue weighted by Crippen LogP contribution is 2.16. The van der Waals surface area contributed by atoms with Crippen LogP contribution in [0.3, 0.4) is 0 Å². The molecular formula is C17H20F3N9O5. The summed E-state index contributed by atoms with van der Waals surface area (Å²) in [6, 6.07) is 3.26. The van der Waals surface area contributed by atoms with Crippen molar-refractivity contribution >= 4 is 34.9 Å². The summed E-state index contributed by atoms with van der Waals surface area (Å²) in [7, 11) is 0. The summed E-state index contributed by atoms with van der Waals surface area (Å²) in [5.41, 5.74) is 11.6. The fourth-order valence-electron chi connectivity index (χ4n) is 2.44. The Bertz CT molecular complexity index is 1180. The first-order valence-corrected chi connectivity index (χ1v) is 9.36. The van der Waals surface area contributed by atoms with Gasteiger partial charge in [-0.3, -0.25) is 14.3 Å². The Kier molecular flexibility index (Phi) is 8.46.